The zero-order valence-corrected chi connectivity index (χ0v) is 12.2. The highest BCUT2D eigenvalue weighted by Crippen LogP contribution is 2.32. The summed E-state index contributed by atoms with van der Waals surface area (Å²) >= 11 is 0. The molecule has 6 heteroatoms. The summed E-state index contributed by atoms with van der Waals surface area (Å²) in [7, 11) is 0. The maximum Gasteiger partial charge on any atom is 0.269 e. The molecule has 1 amide bonds. The molecule has 1 saturated heterocycles. The smallest absolute Gasteiger partial charge is 0.269 e. The summed E-state index contributed by atoms with van der Waals surface area (Å²) in [4.78, 5) is 24.3. The lowest BCUT2D eigenvalue weighted by Gasteiger charge is -2.40. The number of rotatable bonds is 5. The predicted octanol–water partition coefficient (Wildman–Crippen LogP) is 2.39. The molecule has 2 atom stereocenters. The molecule has 21 heavy (non-hydrogen) atoms. The third kappa shape index (κ3) is 3.39. The molecule has 114 valence electrons. The van der Waals surface area contributed by atoms with Crippen LogP contribution < -0.4 is 5.73 Å². The van der Waals surface area contributed by atoms with Crippen LogP contribution in [0.3, 0.4) is 0 Å². The Morgan fingerprint density at radius 3 is 2.62 bits per heavy atom. The molecule has 2 rings (SSSR count). The van der Waals surface area contributed by atoms with Crippen LogP contribution in [0.25, 0.3) is 0 Å². The Kier molecular flexibility index (Phi) is 4.90. The van der Waals surface area contributed by atoms with Gasteiger partial charge in [0.15, 0.2) is 0 Å². The molecule has 0 bridgehead atoms. The highest BCUT2D eigenvalue weighted by Gasteiger charge is 2.34. The van der Waals surface area contributed by atoms with Gasteiger partial charge in [-0.05, 0) is 18.4 Å². The van der Waals surface area contributed by atoms with Gasteiger partial charge in [-0.25, -0.2) is 0 Å². The third-order valence-electron chi connectivity index (χ3n) is 3.95. The monoisotopic (exact) mass is 291 g/mol. The second-order valence-electron chi connectivity index (χ2n) is 5.44. The molecule has 6 nitrogen and oxygen atoms in total. The molecule has 1 heterocycles. The largest absolute Gasteiger partial charge is 0.334 e. The number of nitrogens with zero attached hydrogens (tertiary/aromatic N) is 2. The van der Waals surface area contributed by atoms with Crippen molar-refractivity contribution >= 4 is 11.6 Å². The SMILES string of the molecule is CCCCN1C(=O)CCC(N)C1c1ccc([N+](=O)[O-])cc1. The van der Waals surface area contributed by atoms with Crippen LogP contribution in [0.5, 0.6) is 0 Å². The van der Waals surface area contributed by atoms with Crippen molar-refractivity contribution in [1.29, 1.82) is 0 Å². The van der Waals surface area contributed by atoms with Gasteiger partial charge in [0.2, 0.25) is 5.91 Å². The van der Waals surface area contributed by atoms with Gasteiger partial charge in [-0.15, -0.1) is 0 Å². The Morgan fingerprint density at radius 2 is 2.05 bits per heavy atom. The van der Waals surface area contributed by atoms with Crippen molar-refractivity contribution in [2.75, 3.05) is 6.54 Å². The second kappa shape index (κ2) is 6.67. The van der Waals surface area contributed by atoms with Crippen molar-refractivity contribution in [3.63, 3.8) is 0 Å². The first-order valence-corrected chi connectivity index (χ1v) is 7.34. The van der Waals surface area contributed by atoms with E-state index in [0.717, 1.165) is 18.4 Å². The second-order valence-corrected chi connectivity index (χ2v) is 5.44. The topological polar surface area (TPSA) is 89.5 Å². The lowest BCUT2D eigenvalue weighted by molar-refractivity contribution is -0.384. The van der Waals surface area contributed by atoms with Crippen molar-refractivity contribution in [2.45, 2.75) is 44.7 Å². The first-order valence-electron chi connectivity index (χ1n) is 7.34. The summed E-state index contributed by atoms with van der Waals surface area (Å²) in [6.45, 7) is 2.76. The van der Waals surface area contributed by atoms with E-state index in [4.69, 9.17) is 5.73 Å². The van der Waals surface area contributed by atoms with E-state index >= 15 is 0 Å². The van der Waals surface area contributed by atoms with Gasteiger partial charge in [-0.1, -0.05) is 25.5 Å². The number of carbonyl (C=O) groups is 1. The molecule has 1 aromatic carbocycles. The van der Waals surface area contributed by atoms with Crippen molar-refractivity contribution in [3.05, 3.63) is 39.9 Å². The Labute approximate surface area is 124 Å². The number of benzene rings is 1. The van der Waals surface area contributed by atoms with Gasteiger partial charge in [0.25, 0.3) is 5.69 Å². The molecule has 0 spiro atoms. The average Bonchev–Trinajstić information content (AvgIpc) is 2.48. The van der Waals surface area contributed by atoms with E-state index in [0.29, 0.717) is 19.4 Å². The first-order chi connectivity index (χ1) is 10.0. The number of amides is 1. The molecular formula is C15H21N3O3. The summed E-state index contributed by atoms with van der Waals surface area (Å²) in [5.41, 5.74) is 7.13. The van der Waals surface area contributed by atoms with E-state index in [2.05, 4.69) is 6.92 Å². The van der Waals surface area contributed by atoms with Crippen LogP contribution >= 0.6 is 0 Å². The summed E-state index contributed by atoms with van der Waals surface area (Å²) in [6.07, 6.45) is 3.07. The van der Waals surface area contributed by atoms with Gasteiger partial charge < -0.3 is 10.6 Å². The van der Waals surface area contributed by atoms with Crippen molar-refractivity contribution in [2.24, 2.45) is 5.73 Å². The van der Waals surface area contributed by atoms with E-state index in [9.17, 15) is 14.9 Å². The minimum Gasteiger partial charge on any atom is -0.334 e. The molecule has 1 fully saturated rings. The van der Waals surface area contributed by atoms with Crippen LogP contribution in [0.1, 0.15) is 44.2 Å². The van der Waals surface area contributed by atoms with Crippen LogP contribution in [0.4, 0.5) is 5.69 Å². The van der Waals surface area contributed by atoms with E-state index in [1.54, 1.807) is 12.1 Å². The molecule has 1 aliphatic heterocycles. The fraction of sp³-hybridized carbons (Fsp3) is 0.533. The number of hydrogen-bond donors (Lipinski definition) is 1. The zero-order valence-electron chi connectivity index (χ0n) is 12.2. The third-order valence-corrected chi connectivity index (χ3v) is 3.95. The van der Waals surface area contributed by atoms with Gasteiger partial charge in [-0.3, -0.25) is 14.9 Å². The number of piperidine rings is 1. The van der Waals surface area contributed by atoms with Gasteiger partial charge in [0, 0.05) is 31.1 Å². The molecule has 0 radical (unpaired) electrons. The molecule has 0 saturated carbocycles. The fourth-order valence-electron chi connectivity index (χ4n) is 2.79. The Bertz CT molecular complexity index is 515. The van der Waals surface area contributed by atoms with Crippen LogP contribution in [-0.4, -0.2) is 28.3 Å². The summed E-state index contributed by atoms with van der Waals surface area (Å²) in [5.74, 6) is 0.119. The first kappa shape index (κ1) is 15.4. The number of nitro groups is 1. The number of hydrogen-bond acceptors (Lipinski definition) is 4. The Balaban J connectivity index is 2.26. The molecule has 2 N–H and O–H groups in total. The molecule has 1 aromatic rings. The van der Waals surface area contributed by atoms with Gasteiger partial charge in [-0.2, -0.15) is 0 Å². The quantitative estimate of drug-likeness (QED) is 0.666. The van der Waals surface area contributed by atoms with E-state index in [-0.39, 0.29) is 23.7 Å². The Morgan fingerprint density at radius 1 is 1.38 bits per heavy atom. The van der Waals surface area contributed by atoms with Crippen molar-refractivity contribution in [1.82, 2.24) is 4.90 Å². The summed E-state index contributed by atoms with van der Waals surface area (Å²) in [6, 6.07) is 6.05. The highest BCUT2D eigenvalue weighted by atomic mass is 16.6. The van der Waals surface area contributed by atoms with E-state index in [1.807, 2.05) is 4.90 Å². The maximum absolute atomic E-state index is 12.2. The fourth-order valence-corrected chi connectivity index (χ4v) is 2.79. The van der Waals surface area contributed by atoms with Gasteiger partial charge in [0.05, 0.1) is 11.0 Å². The number of likely N-dealkylation sites (tertiary alicyclic amines) is 1. The predicted molar refractivity (Wildman–Crippen MR) is 79.7 cm³/mol. The number of unbranched alkanes of at least 4 members (excludes halogenated alkanes) is 1. The van der Waals surface area contributed by atoms with Gasteiger partial charge >= 0.3 is 0 Å². The lowest BCUT2D eigenvalue weighted by atomic mass is 9.90. The average molecular weight is 291 g/mol. The van der Waals surface area contributed by atoms with Crippen LogP contribution in [0.15, 0.2) is 24.3 Å². The van der Waals surface area contributed by atoms with Crippen molar-refractivity contribution in [3.8, 4) is 0 Å². The minimum atomic E-state index is -0.426. The molecule has 0 aliphatic carbocycles. The lowest BCUT2D eigenvalue weighted by Crippen LogP contribution is -2.49. The summed E-state index contributed by atoms with van der Waals surface area (Å²) < 4.78 is 0. The normalized spacial score (nSPS) is 22.4. The molecule has 1 aliphatic rings. The zero-order chi connectivity index (χ0) is 15.4. The van der Waals surface area contributed by atoms with Crippen LogP contribution in [0.2, 0.25) is 0 Å². The molecule has 0 aromatic heterocycles. The summed E-state index contributed by atoms with van der Waals surface area (Å²) in [5, 5.41) is 10.7. The number of carbonyl (C=O) groups excluding carboxylic acids is 1. The van der Waals surface area contributed by atoms with E-state index < -0.39 is 4.92 Å². The van der Waals surface area contributed by atoms with Crippen LogP contribution in [0, 0.1) is 10.1 Å². The Hall–Kier alpha value is -1.95. The van der Waals surface area contributed by atoms with E-state index in [1.165, 1.54) is 12.1 Å². The maximum atomic E-state index is 12.2. The highest BCUT2D eigenvalue weighted by molar-refractivity contribution is 5.78. The number of non-ortho nitro benzene ring substituents is 1. The molecular weight excluding hydrogens is 270 g/mol. The minimum absolute atomic E-state index is 0.0505. The number of nitro benzene ring substituents is 1. The van der Waals surface area contributed by atoms with Gasteiger partial charge in [0.1, 0.15) is 0 Å². The standard InChI is InChI=1S/C15H21N3O3/c1-2-3-10-17-14(19)9-8-13(16)15(17)11-4-6-12(7-5-11)18(20)21/h4-7,13,15H,2-3,8-10,16H2,1H3. The number of nitrogens with two attached hydrogens (primary N) is 1. The van der Waals surface area contributed by atoms with Crippen molar-refractivity contribution < 1.29 is 9.72 Å². The molecule has 2 unspecified atom stereocenters. The van der Waals surface area contributed by atoms with Crippen LogP contribution in [-0.2, 0) is 4.79 Å².